The summed E-state index contributed by atoms with van der Waals surface area (Å²) < 4.78 is 4.98. The number of nitrogens with zero attached hydrogens (tertiary/aromatic N) is 2. The maximum atomic E-state index is 11.6. The molecular weight excluding hydrogens is 314 g/mol. The van der Waals surface area contributed by atoms with Crippen molar-refractivity contribution >= 4 is 23.1 Å². The molecule has 1 aliphatic carbocycles. The van der Waals surface area contributed by atoms with E-state index in [1.165, 1.54) is 0 Å². The second-order valence-electron chi connectivity index (χ2n) is 7.36. The number of nitrogens with one attached hydrogen (secondary N) is 1. The molecule has 5 heteroatoms. The van der Waals surface area contributed by atoms with Crippen molar-refractivity contribution in [1.29, 1.82) is 0 Å². The zero-order valence-corrected chi connectivity index (χ0v) is 15.9. The van der Waals surface area contributed by atoms with Gasteiger partial charge in [0.25, 0.3) is 0 Å². The molecule has 5 nitrogen and oxygen atoms in total. The third-order valence-electron chi connectivity index (χ3n) is 4.07. The first-order chi connectivity index (χ1) is 11.8. The third kappa shape index (κ3) is 5.93. The summed E-state index contributed by atoms with van der Waals surface area (Å²) in [5.41, 5.74) is 4.27. The Balaban J connectivity index is 2.14. The summed E-state index contributed by atoms with van der Waals surface area (Å²) in [7, 11) is 4.05. The molecule has 1 aromatic rings. The molecule has 0 spiro atoms. The van der Waals surface area contributed by atoms with Crippen molar-refractivity contribution < 1.29 is 9.53 Å². The van der Waals surface area contributed by atoms with Crippen LogP contribution < -0.4 is 10.2 Å². The fraction of sp³-hybridized carbons (Fsp3) is 0.500. The highest BCUT2D eigenvalue weighted by molar-refractivity contribution is 5.98. The molecule has 2 rings (SSSR count). The lowest BCUT2D eigenvalue weighted by molar-refractivity contribution is -0.141. The predicted octanol–water partition coefficient (Wildman–Crippen LogP) is 3.68. The number of hydrogen-bond acceptors (Lipinski definition) is 5. The van der Waals surface area contributed by atoms with Crippen molar-refractivity contribution in [3.05, 3.63) is 36.0 Å². The van der Waals surface area contributed by atoms with Crippen molar-refractivity contribution in [3.8, 4) is 0 Å². The minimum atomic E-state index is -0.232. The molecule has 0 amide bonds. The van der Waals surface area contributed by atoms with Gasteiger partial charge in [0.2, 0.25) is 0 Å². The Kier molecular flexibility index (Phi) is 6.23. The van der Waals surface area contributed by atoms with Gasteiger partial charge in [0.15, 0.2) is 0 Å². The van der Waals surface area contributed by atoms with Crippen LogP contribution in [0.25, 0.3) is 0 Å². The van der Waals surface area contributed by atoms with E-state index < -0.39 is 0 Å². The van der Waals surface area contributed by atoms with Crippen LogP contribution in [0.1, 0.15) is 33.6 Å². The van der Waals surface area contributed by atoms with Crippen LogP contribution in [0.3, 0.4) is 0 Å². The summed E-state index contributed by atoms with van der Waals surface area (Å²) in [6, 6.07) is 8.20. The van der Waals surface area contributed by atoms with Gasteiger partial charge in [-0.3, -0.25) is 9.79 Å². The number of anilines is 1. The molecule has 0 atom stereocenters. The number of hydrogen-bond donors (Lipinski definition) is 1. The average Bonchev–Trinajstić information content (AvgIpc) is 2.52. The molecule has 1 N–H and O–H groups in total. The standard InChI is InChI=1S/C20H29N3O2/c1-6-25-19(24)14-21-16-11-17(13-20(2,3)12-16)22-15-7-9-18(10-8-15)23(4)5/h7-11,21H,6,12-14H2,1-5H3/b22-17-. The van der Waals surface area contributed by atoms with Gasteiger partial charge in [-0.05, 0) is 55.5 Å². The molecule has 0 aliphatic heterocycles. The van der Waals surface area contributed by atoms with Gasteiger partial charge in [-0.25, -0.2) is 0 Å². The summed E-state index contributed by atoms with van der Waals surface area (Å²) in [4.78, 5) is 18.4. The van der Waals surface area contributed by atoms with E-state index in [1.54, 1.807) is 0 Å². The molecule has 1 aromatic carbocycles. The minimum absolute atomic E-state index is 0.105. The van der Waals surface area contributed by atoms with Crippen LogP contribution in [0.4, 0.5) is 11.4 Å². The highest BCUT2D eigenvalue weighted by Gasteiger charge is 2.26. The smallest absolute Gasteiger partial charge is 0.325 e. The Labute approximate surface area is 150 Å². The van der Waals surface area contributed by atoms with E-state index in [2.05, 4.69) is 42.3 Å². The number of allylic oxidation sites excluding steroid dienone is 2. The van der Waals surface area contributed by atoms with Crippen LogP contribution in [0.5, 0.6) is 0 Å². The first kappa shape index (κ1) is 19.0. The molecule has 0 aromatic heterocycles. The van der Waals surface area contributed by atoms with Gasteiger partial charge < -0.3 is 15.0 Å². The van der Waals surface area contributed by atoms with Gasteiger partial charge in [0.05, 0.1) is 12.3 Å². The highest BCUT2D eigenvalue weighted by Crippen LogP contribution is 2.34. The number of rotatable bonds is 6. The van der Waals surface area contributed by atoms with Gasteiger partial charge in [0.1, 0.15) is 6.54 Å². The lowest BCUT2D eigenvalue weighted by Gasteiger charge is -2.31. The quantitative estimate of drug-likeness (QED) is 0.801. The van der Waals surface area contributed by atoms with E-state index in [-0.39, 0.29) is 17.9 Å². The van der Waals surface area contributed by atoms with Crippen LogP contribution in [0.15, 0.2) is 41.0 Å². The molecule has 1 aliphatic rings. The Morgan fingerprint density at radius 1 is 1.24 bits per heavy atom. The fourth-order valence-electron chi connectivity index (χ4n) is 2.95. The monoisotopic (exact) mass is 343 g/mol. The summed E-state index contributed by atoms with van der Waals surface area (Å²) in [5.74, 6) is -0.232. The maximum absolute atomic E-state index is 11.6. The second kappa shape index (κ2) is 8.19. The normalized spacial score (nSPS) is 17.8. The minimum Gasteiger partial charge on any atom is -0.465 e. The van der Waals surface area contributed by atoms with Crippen LogP contribution in [-0.2, 0) is 9.53 Å². The predicted molar refractivity (Wildman–Crippen MR) is 104 cm³/mol. The Morgan fingerprint density at radius 2 is 1.92 bits per heavy atom. The van der Waals surface area contributed by atoms with Gasteiger partial charge >= 0.3 is 5.97 Å². The zero-order chi connectivity index (χ0) is 18.4. The number of esters is 1. The van der Waals surface area contributed by atoms with Crippen molar-refractivity contribution in [3.63, 3.8) is 0 Å². The average molecular weight is 343 g/mol. The maximum Gasteiger partial charge on any atom is 0.325 e. The van der Waals surface area contributed by atoms with E-state index in [4.69, 9.17) is 9.73 Å². The molecule has 0 radical (unpaired) electrons. The largest absolute Gasteiger partial charge is 0.465 e. The van der Waals surface area contributed by atoms with E-state index >= 15 is 0 Å². The van der Waals surface area contributed by atoms with Crippen molar-refractivity contribution in [1.82, 2.24) is 5.32 Å². The summed E-state index contributed by atoms with van der Waals surface area (Å²) >= 11 is 0. The van der Waals surface area contributed by atoms with Crippen molar-refractivity contribution in [2.75, 3.05) is 32.1 Å². The highest BCUT2D eigenvalue weighted by atomic mass is 16.5. The number of carbonyl (C=O) groups excluding carboxylic acids is 1. The lowest BCUT2D eigenvalue weighted by atomic mass is 9.78. The molecule has 0 heterocycles. The van der Waals surface area contributed by atoms with E-state index in [0.717, 1.165) is 35.6 Å². The topological polar surface area (TPSA) is 53.9 Å². The summed E-state index contributed by atoms with van der Waals surface area (Å²) in [6.45, 7) is 6.85. The molecule has 136 valence electrons. The number of benzene rings is 1. The second-order valence-corrected chi connectivity index (χ2v) is 7.36. The first-order valence-electron chi connectivity index (χ1n) is 8.74. The number of carbonyl (C=O) groups is 1. The zero-order valence-electron chi connectivity index (χ0n) is 15.9. The molecule has 0 bridgehead atoms. The van der Waals surface area contributed by atoms with Gasteiger partial charge in [-0.15, -0.1) is 0 Å². The lowest BCUT2D eigenvalue weighted by Crippen LogP contribution is -2.31. The Bertz CT molecular complexity index is 658. The number of ether oxygens (including phenoxy) is 1. The van der Waals surface area contributed by atoms with Crippen LogP contribution in [0, 0.1) is 5.41 Å². The fourth-order valence-corrected chi connectivity index (χ4v) is 2.95. The molecule has 0 fully saturated rings. The molecular formula is C20H29N3O2. The van der Waals surface area contributed by atoms with Crippen LogP contribution in [0.2, 0.25) is 0 Å². The number of aliphatic imine (C=N–C) groups is 1. The Hall–Kier alpha value is -2.30. The molecule has 0 saturated heterocycles. The van der Waals surface area contributed by atoms with Crippen LogP contribution >= 0.6 is 0 Å². The van der Waals surface area contributed by atoms with Crippen molar-refractivity contribution in [2.24, 2.45) is 10.4 Å². The summed E-state index contributed by atoms with van der Waals surface area (Å²) in [5, 5.41) is 3.20. The SMILES string of the molecule is CCOC(=O)CNC1=C/C(=N/c2ccc(N(C)C)cc2)CC(C)(C)C1. The first-order valence-corrected chi connectivity index (χ1v) is 8.74. The van der Waals surface area contributed by atoms with Crippen molar-refractivity contribution in [2.45, 2.75) is 33.6 Å². The molecule has 25 heavy (non-hydrogen) atoms. The van der Waals surface area contributed by atoms with E-state index in [1.807, 2.05) is 33.2 Å². The van der Waals surface area contributed by atoms with Gasteiger partial charge in [0, 0.05) is 31.2 Å². The van der Waals surface area contributed by atoms with Crippen LogP contribution in [-0.4, -0.2) is 38.9 Å². The van der Waals surface area contributed by atoms with Gasteiger partial charge in [-0.2, -0.15) is 0 Å². The Morgan fingerprint density at radius 3 is 2.52 bits per heavy atom. The van der Waals surface area contributed by atoms with E-state index in [9.17, 15) is 4.79 Å². The third-order valence-corrected chi connectivity index (χ3v) is 4.07. The molecule has 0 saturated carbocycles. The molecule has 0 unspecified atom stereocenters. The van der Waals surface area contributed by atoms with E-state index in [0.29, 0.717) is 6.61 Å². The van der Waals surface area contributed by atoms with Gasteiger partial charge in [-0.1, -0.05) is 13.8 Å². The summed E-state index contributed by atoms with van der Waals surface area (Å²) in [6.07, 6.45) is 3.86.